The van der Waals surface area contributed by atoms with Gasteiger partial charge in [0.2, 0.25) is 0 Å². The molecule has 0 aliphatic carbocycles. The van der Waals surface area contributed by atoms with E-state index in [1.54, 1.807) is 19.5 Å². The van der Waals surface area contributed by atoms with Crippen LogP contribution in [0.2, 0.25) is 10.0 Å². The maximum absolute atomic E-state index is 6.36. The maximum Gasteiger partial charge on any atom is 0.163 e. The van der Waals surface area contributed by atoms with E-state index in [0.717, 1.165) is 60.0 Å². The number of rotatable bonds is 5. The van der Waals surface area contributed by atoms with Crippen LogP contribution in [0.5, 0.6) is 5.75 Å². The van der Waals surface area contributed by atoms with E-state index in [9.17, 15) is 0 Å². The highest BCUT2D eigenvalue weighted by atomic mass is 35.5. The van der Waals surface area contributed by atoms with E-state index in [-0.39, 0.29) is 0 Å². The molecule has 1 saturated heterocycles. The summed E-state index contributed by atoms with van der Waals surface area (Å²) in [6, 6.07) is 13.6. The monoisotopic (exact) mass is 468 g/mol. The molecule has 164 valence electrons. The largest absolute Gasteiger partial charge is 0.495 e. The Morgan fingerprint density at radius 1 is 0.969 bits per heavy atom. The Morgan fingerprint density at radius 3 is 2.53 bits per heavy atom. The van der Waals surface area contributed by atoms with Gasteiger partial charge in [0, 0.05) is 36.2 Å². The second-order valence-electron chi connectivity index (χ2n) is 7.62. The average molecular weight is 469 g/mol. The summed E-state index contributed by atoms with van der Waals surface area (Å²) in [5.74, 6) is 1.80. The lowest BCUT2D eigenvalue weighted by atomic mass is 10.2. The van der Waals surface area contributed by atoms with Crippen LogP contribution < -0.4 is 14.5 Å². The third-order valence-electron chi connectivity index (χ3n) is 5.75. The number of ether oxygens (including phenoxy) is 1. The van der Waals surface area contributed by atoms with E-state index >= 15 is 0 Å². The van der Waals surface area contributed by atoms with Gasteiger partial charge in [0.1, 0.15) is 17.9 Å². The third kappa shape index (κ3) is 3.94. The Kier molecular flexibility index (Phi) is 5.76. The van der Waals surface area contributed by atoms with Gasteiger partial charge in [-0.1, -0.05) is 41.4 Å². The minimum absolute atomic E-state index is 0.511. The van der Waals surface area contributed by atoms with Crippen LogP contribution in [-0.4, -0.2) is 53.0 Å². The maximum atomic E-state index is 6.36. The zero-order valence-corrected chi connectivity index (χ0v) is 19.1. The second kappa shape index (κ2) is 8.84. The van der Waals surface area contributed by atoms with Crippen molar-refractivity contribution in [2.75, 3.05) is 43.1 Å². The SMILES string of the molecule is COc1ccccc1N1CCN(c2ncnc3c2cnn3Cc2ccc(Cl)cc2Cl)CC1. The highest BCUT2D eigenvalue weighted by Crippen LogP contribution is 2.30. The number of halogens is 2. The quantitative estimate of drug-likeness (QED) is 0.429. The van der Waals surface area contributed by atoms with E-state index in [4.69, 9.17) is 27.9 Å². The predicted molar refractivity (Wildman–Crippen MR) is 128 cm³/mol. The zero-order valence-electron chi connectivity index (χ0n) is 17.6. The molecule has 2 aromatic heterocycles. The van der Waals surface area contributed by atoms with E-state index in [0.29, 0.717) is 16.6 Å². The Balaban J connectivity index is 1.37. The molecule has 32 heavy (non-hydrogen) atoms. The lowest BCUT2D eigenvalue weighted by molar-refractivity contribution is 0.413. The molecule has 7 nitrogen and oxygen atoms in total. The summed E-state index contributed by atoms with van der Waals surface area (Å²) < 4.78 is 7.38. The normalized spacial score (nSPS) is 14.2. The predicted octanol–water partition coefficient (Wildman–Crippen LogP) is 4.52. The average Bonchev–Trinajstić information content (AvgIpc) is 3.24. The number of benzene rings is 2. The summed E-state index contributed by atoms with van der Waals surface area (Å²) in [5, 5.41) is 6.72. The third-order valence-corrected chi connectivity index (χ3v) is 6.34. The number of hydrogen-bond acceptors (Lipinski definition) is 6. The Morgan fingerprint density at radius 2 is 1.75 bits per heavy atom. The van der Waals surface area contributed by atoms with Gasteiger partial charge in [-0.25, -0.2) is 14.6 Å². The number of methoxy groups -OCH3 is 1. The number of fused-ring (bicyclic) bond motifs is 1. The number of nitrogens with zero attached hydrogens (tertiary/aromatic N) is 6. The number of aromatic nitrogens is 4. The lowest BCUT2D eigenvalue weighted by Gasteiger charge is -2.37. The molecule has 0 radical (unpaired) electrons. The summed E-state index contributed by atoms with van der Waals surface area (Å²) in [6.07, 6.45) is 3.44. The fraction of sp³-hybridized carbons (Fsp3) is 0.261. The lowest BCUT2D eigenvalue weighted by Crippen LogP contribution is -2.47. The van der Waals surface area contributed by atoms with Crippen molar-refractivity contribution in [1.82, 2.24) is 19.7 Å². The van der Waals surface area contributed by atoms with Crippen molar-refractivity contribution in [3.8, 4) is 5.75 Å². The van der Waals surface area contributed by atoms with Crippen molar-refractivity contribution in [2.45, 2.75) is 6.54 Å². The van der Waals surface area contributed by atoms with Crippen molar-refractivity contribution in [3.05, 3.63) is 70.6 Å². The van der Waals surface area contributed by atoms with Crippen molar-refractivity contribution < 1.29 is 4.74 Å². The Labute approximate surface area is 196 Å². The van der Waals surface area contributed by atoms with Crippen LogP contribution in [0, 0.1) is 0 Å². The van der Waals surface area contributed by atoms with E-state index in [1.165, 1.54) is 0 Å². The first-order valence-corrected chi connectivity index (χ1v) is 11.1. The minimum atomic E-state index is 0.511. The van der Waals surface area contributed by atoms with Crippen LogP contribution in [0.3, 0.4) is 0 Å². The van der Waals surface area contributed by atoms with Crippen molar-refractivity contribution in [1.29, 1.82) is 0 Å². The van der Waals surface area contributed by atoms with Gasteiger partial charge in [-0.2, -0.15) is 5.10 Å². The first kappa shape index (κ1) is 20.8. The second-order valence-corrected chi connectivity index (χ2v) is 8.46. The summed E-state index contributed by atoms with van der Waals surface area (Å²) in [6.45, 7) is 3.95. The summed E-state index contributed by atoms with van der Waals surface area (Å²) in [7, 11) is 1.71. The Hall–Kier alpha value is -3.03. The molecule has 0 N–H and O–H groups in total. The fourth-order valence-corrected chi connectivity index (χ4v) is 4.58. The van der Waals surface area contributed by atoms with Crippen LogP contribution in [0.15, 0.2) is 55.0 Å². The van der Waals surface area contributed by atoms with Crippen LogP contribution >= 0.6 is 23.2 Å². The molecule has 5 rings (SSSR count). The van der Waals surface area contributed by atoms with Crippen LogP contribution in [0.1, 0.15) is 5.56 Å². The van der Waals surface area contributed by atoms with Gasteiger partial charge < -0.3 is 14.5 Å². The Bertz CT molecular complexity index is 1250. The zero-order chi connectivity index (χ0) is 22.1. The molecule has 9 heteroatoms. The van der Waals surface area contributed by atoms with Crippen LogP contribution in [0.4, 0.5) is 11.5 Å². The number of para-hydroxylation sites is 2. The molecule has 0 amide bonds. The molecule has 1 fully saturated rings. The molecular formula is C23H22Cl2N6O. The van der Waals surface area contributed by atoms with Crippen molar-refractivity contribution in [3.63, 3.8) is 0 Å². The van der Waals surface area contributed by atoms with Crippen molar-refractivity contribution >= 4 is 45.7 Å². The molecule has 3 heterocycles. The smallest absolute Gasteiger partial charge is 0.163 e. The standard InChI is InChI=1S/C23H22Cl2N6O/c1-32-21-5-3-2-4-20(21)29-8-10-30(11-9-29)22-18-13-28-31(23(18)27-15-26-22)14-16-6-7-17(24)12-19(16)25/h2-7,12-13,15H,8-11,14H2,1H3. The van der Waals surface area contributed by atoms with Gasteiger partial charge in [0.05, 0.1) is 30.9 Å². The van der Waals surface area contributed by atoms with Gasteiger partial charge in [-0.3, -0.25) is 0 Å². The minimum Gasteiger partial charge on any atom is -0.495 e. The topological polar surface area (TPSA) is 59.3 Å². The molecule has 0 bridgehead atoms. The molecule has 0 atom stereocenters. The van der Waals surface area contributed by atoms with E-state index < -0.39 is 0 Å². The number of hydrogen-bond donors (Lipinski definition) is 0. The molecule has 0 unspecified atom stereocenters. The molecule has 0 saturated carbocycles. The van der Waals surface area contributed by atoms with Crippen molar-refractivity contribution in [2.24, 2.45) is 0 Å². The highest BCUT2D eigenvalue weighted by molar-refractivity contribution is 6.35. The molecule has 4 aromatic rings. The van der Waals surface area contributed by atoms with Gasteiger partial charge in [0.25, 0.3) is 0 Å². The van der Waals surface area contributed by atoms with Gasteiger partial charge in [-0.05, 0) is 29.8 Å². The fourth-order valence-electron chi connectivity index (χ4n) is 4.11. The summed E-state index contributed by atoms with van der Waals surface area (Å²) >= 11 is 12.4. The number of anilines is 2. The van der Waals surface area contributed by atoms with Gasteiger partial charge >= 0.3 is 0 Å². The van der Waals surface area contributed by atoms with Crippen LogP contribution in [0.25, 0.3) is 11.0 Å². The molecular weight excluding hydrogens is 447 g/mol. The first-order valence-electron chi connectivity index (χ1n) is 10.4. The molecule has 1 aliphatic heterocycles. The van der Waals surface area contributed by atoms with E-state index in [2.05, 4.69) is 30.9 Å². The van der Waals surface area contributed by atoms with Crippen LogP contribution in [-0.2, 0) is 6.54 Å². The summed E-state index contributed by atoms with van der Waals surface area (Å²) in [4.78, 5) is 13.7. The first-order chi connectivity index (χ1) is 15.6. The van der Waals surface area contributed by atoms with Gasteiger partial charge in [0.15, 0.2) is 5.65 Å². The molecule has 2 aromatic carbocycles. The summed E-state index contributed by atoms with van der Waals surface area (Å²) in [5.41, 5.74) is 2.84. The van der Waals surface area contributed by atoms with E-state index in [1.807, 2.05) is 41.2 Å². The number of piperazine rings is 1. The molecule has 0 spiro atoms. The van der Waals surface area contributed by atoms with Gasteiger partial charge in [-0.15, -0.1) is 0 Å². The highest BCUT2D eigenvalue weighted by Gasteiger charge is 2.23. The molecule has 1 aliphatic rings.